The molecule has 1 amide bonds. The van der Waals surface area contributed by atoms with Crippen molar-refractivity contribution < 1.29 is 4.79 Å². The van der Waals surface area contributed by atoms with Gasteiger partial charge in [-0.15, -0.1) is 0 Å². The first kappa shape index (κ1) is 16.3. The van der Waals surface area contributed by atoms with E-state index in [1.165, 1.54) is 11.8 Å². The van der Waals surface area contributed by atoms with Gasteiger partial charge < -0.3 is 16.4 Å². The Hall–Kier alpha value is -1.72. The Morgan fingerprint density at radius 3 is 2.50 bits per heavy atom. The van der Waals surface area contributed by atoms with Gasteiger partial charge in [-0.05, 0) is 31.9 Å². The van der Waals surface area contributed by atoms with Gasteiger partial charge in [0.1, 0.15) is 0 Å². The molecule has 0 saturated heterocycles. The van der Waals surface area contributed by atoms with Gasteiger partial charge in [-0.3, -0.25) is 9.79 Å². The third kappa shape index (κ3) is 5.50. The number of aryl methyl sites for hydroxylation is 3. The van der Waals surface area contributed by atoms with Crippen LogP contribution in [0.2, 0.25) is 0 Å². The Morgan fingerprint density at radius 2 is 1.90 bits per heavy atom. The summed E-state index contributed by atoms with van der Waals surface area (Å²) in [7, 11) is 0. The number of rotatable bonds is 7. The van der Waals surface area contributed by atoms with E-state index in [2.05, 4.69) is 27.8 Å². The van der Waals surface area contributed by atoms with Crippen molar-refractivity contribution in [1.82, 2.24) is 5.32 Å². The summed E-state index contributed by atoms with van der Waals surface area (Å²) < 4.78 is 0. The molecule has 20 heavy (non-hydrogen) atoms. The Labute approximate surface area is 120 Å². The van der Waals surface area contributed by atoms with E-state index in [4.69, 9.17) is 5.73 Å². The summed E-state index contributed by atoms with van der Waals surface area (Å²) in [5.74, 6) is -0.195. The molecule has 1 aromatic carbocycles. The predicted molar refractivity (Wildman–Crippen MR) is 84.6 cm³/mol. The minimum Gasteiger partial charge on any atom is -0.329 e. The van der Waals surface area contributed by atoms with Gasteiger partial charge in [0.2, 0.25) is 0 Å². The van der Waals surface area contributed by atoms with E-state index < -0.39 is 0 Å². The number of benzene rings is 1. The highest BCUT2D eigenvalue weighted by molar-refractivity contribution is 6.32. The van der Waals surface area contributed by atoms with E-state index in [1.54, 1.807) is 0 Å². The molecule has 0 unspecified atom stereocenters. The molecule has 0 aliphatic carbocycles. The largest absolute Gasteiger partial charge is 0.329 e. The molecule has 0 aliphatic rings. The molecule has 0 heterocycles. The smallest absolute Gasteiger partial charge is 0.266 e. The van der Waals surface area contributed by atoms with Gasteiger partial charge in [0.05, 0.1) is 12.8 Å². The Bertz CT molecular complexity index is 460. The van der Waals surface area contributed by atoms with Crippen LogP contribution in [0.5, 0.6) is 0 Å². The van der Waals surface area contributed by atoms with Crippen molar-refractivity contribution in [2.75, 3.05) is 31.5 Å². The van der Waals surface area contributed by atoms with Crippen molar-refractivity contribution in [1.29, 1.82) is 0 Å². The van der Waals surface area contributed by atoms with Crippen LogP contribution in [0.3, 0.4) is 0 Å². The number of carbonyl (C=O) groups excluding carboxylic acids is 1. The molecule has 110 valence electrons. The number of amides is 1. The van der Waals surface area contributed by atoms with Gasteiger partial charge in [0.15, 0.2) is 0 Å². The van der Waals surface area contributed by atoms with E-state index in [9.17, 15) is 4.79 Å². The van der Waals surface area contributed by atoms with Crippen molar-refractivity contribution in [3.05, 3.63) is 28.8 Å². The monoisotopic (exact) mass is 276 g/mol. The van der Waals surface area contributed by atoms with Crippen LogP contribution in [-0.2, 0) is 4.79 Å². The Morgan fingerprint density at radius 1 is 1.25 bits per heavy atom. The molecule has 0 spiro atoms. The van der Waals surface area contributed by atoms with Crippen LogP contribution < -0.4 is 16.4 Å². The maximum Gasteiger partial charge on any atom is 0.266 e. The van der Waals surface area contributed by atoms with Crippen LogP contribution in [0.25, 0.3) is 0 Å². The van der Waals surface area contributed by atoms with Crippen molar-refractivity contribution in [2.45, 2.75) is 20.8 Å². The topological polar surface area (TPSA) is 79.5 Å². The first-order valence-corrected chi connectivity index (χ1v) is 6.84. The van der Waals surface area contributed by atoms with E-state index in [0.29, 0.717) is 13.1 Å². The molecule has 5 heteroatoms. The maximum atomic E-state index is 11.8. The van der Waals surface area contributed by atoms with E-state index in [1.807, 2.05) is 20.8 Å². The molecule has 0 atom stereocenters. The van der Waals surface area contributed by atoms with Gasteiger partial charge in [-0.2, -0.15) is 0 Å². The number of carbonyl (C=O) groups is 1. The number of aliphatic imine (C=N–C) groups is 1. The molecular weight excluding hydrogens is 252 g/mol. The average Bonchev–Trinajstić information content (AvgIpc) is 2.38. The van der Waals surface area contributed by atoms with Gasteiger partial charge in [0.25, 0.3) is 5.91 Å². The minimum absolute atomic E-state index is 0.195. The molecule has 0 aliphatic heterocycles. The molecule has 1 rings (SSSR count). The SMILES string of the molecule is Cc1cc(C)c(NC(=O)C=NCCNCCN)c(C)c1. The summed E-state index contributed by atoms with van der Waals surface area (Å²) in [4.78, 5) is 15.9. The summed E-state index contributed by atoms with van der Waals surface area (Å²) in [6.07, 6.45) is 1.34. The van der Waals surface area contributed by atoms with Crippen LogP contribution in [0.4, 0.5) is 5.69 Å². The molecule has 1 aromatic rings. The number of nitrogens with two attached hydrogens (primary N) is 1. The van der Waals surface area contributed by atoms with Crippen LogP contribution in [-0.4, -0.2) is 38.3 Å². The lowest BCUT2D eigenvalue weighted by Gasteiger charge is -2.11. The lowest BCUT2D eigenvalue weighted by molar-refractivity contribution is -0.110. The van der Waals surface area contributed by atoms with Crippen molar-refractivity contribution >= 4 is 17.8 Å². The number of anilines is 1. The average molecular weight is 276 g/mol. The van der Waals surface area contributed by atoms with Crippen LogP contribution in [0.1, 0.15) is 16.7 Å². The number of hydrogen-bond donors (Lipinski definition) is 3. The van der Waals surface area contributed by atoms with Gasteiger partial charge in [0, 0.05) is 25.3 Å². The second-order valence-corrected chi connectivity index (χ2v) is 4.84. The second-order valence-electron chi connectivity index (χ2n) is 4.84. The van der Waals surface area contributed by atoms with Crippen molar-refractivity contribution in [3.8, 4) is 0 Å². The summed E-state index contributed by atoms with van der Waals surface area (Å²) in [5, 5.41) is 5.99. The summed E-state index contributed by atoms with van der Waals surface area (Å²) >= 11 is 0. The van der Waals surface area contributed by atoms with E-state index in [0.717, 1.165) is 29.9 Å². The lowest BCUT2D eigenvalue weighted by Crippen LogP contribution is -2.25. The molecule has 0 fully saturated rings. The number of hydrogen-bond acceptors (Lipinski definition) is 4. The second kappa shape index (κ2) is 8.45. The highest BCUT2D eigenvalue weighted by Gasteiger charge is 2.06. The fourth-order valence-electron chi connectivity index (χ4n) is 2.05. The van der Waals surface area contributed by atoms with Crippen LogP contribution in [0, 0.1) is 20.8 Å². The number of nitrogens with one attached hydrogen (secondary N) is 2. The highest BCUT2D eigenvalue weighted by atomic mass is 16.1. The summed E-state index contributed by atoms with van der Waals surface area (Å²) in [6, 6.07) is 4.10. The quantitative estimate of drug-likeness (QED) is 0.516. The minimum atomic E-state index is -0.195. The van der Waals surface area contributed by atoms with Crippen molar-refractivity contribution in [2.24, 2.45) is 10.7 Å². The summed E-state index contributed by atoms with van der Waals surface area (Å²) in [6.45, 7) is 8.69. The van der Waals surface area contributed by atoms with Crippen molar-refractivity contribution in [3.63, 3.8) is 0 Å². The Kier molecular flexibility index (Phi) is 6.90. The van der Waals surface area contributed by atoms with E-state index in [-0.39, 0.29) is 5.91 Å². The molecule has 0 saturated carbocycles. The zero-order valence-electron chi connectivity index (χ0n) is 12.5. The third-order valence-electron chi connectivity index (χ3n) is 2.87. The molecule has 0 bridgehead atoms. The normalized spacial score (nSPS) is 11.0. The standard InChI is InChI=1S/C15H24N4O/c1-11-8-12(2)15(13(3)9-11)19-14(20)10-18-7-6-17-5-4-16/h8-10,17H,4-7,16H2,1-3H3,(H,19,20). The first-order chi connectivity index (χ1) is 9.54. The van der Waals surface area contributed by atoms with Gasteiger partial charge in [-0.1, -0.05) is 17.7 Å². The zero-order chi connectivity index (χ0) is 15.0. The predicted octanol–water partition coefficient (Wildman–Crippen LogP) is 1.17. The van der Waals surface area contributed by atoms with Crippen LogP contribution >= 0.6 is 0 Å². The molecular formula is C15H24N4O. The molecule has 0 radical (unpaired) electrons. The molecule has 5 nitrogen and oxygen atoms in total. The molecule has 4 N–H and O–H groups in total. The first-order valence-electron chi connectivity index (χ1n) is 6.84. The third-order valence-corrected chi connectivity index (χ3v) is 2.87. The van der Waals surface area contributed by atoms with Gasteiger partial charge in [-0.25, -0.2) is 0 Å². The molecule has 0 aromatic heterocycles. The zero-order valence-corrected chi connectivity index (χ0v) is 12.5. The fourth-order valence-corrected chi connectivity index (χ4v) is 2.05. The maximum absolute atomic E-state index is 11.8. The Balaban J connectivity index is 2.48. The van der Waals surface area contributed by atoms with Gasteiger partial charge >= 0.3 is 0 Å². The van der Waals surface area contributed by atoms with E-state index >= 15 is 0 Å². The van der Waals surface area contributed by atoms with Crippen LogP contribution in [0.15, 0.2) is 17.1 Å². The summed E-state index contributed by atoms with van der Waals surface area (Å²) in [5.41, 5.74) is 9.54. The highest BCUT2D eigenvalue weighted by Crippen LogP contribution is 2.21. The fraction of sp³-hybridized carbons (Fsp3) is 0.467. The number of nitrogens with zero attached hydrogens (tertiary/aromatic N) is 1. The lowest BCUT2D eigenvalue weighted by atomic mass is 10.1.